The Labute approximate surface area is 266 Å². The van der Waals surface area contributed by atoms with Crippen molar-refractivity contribution in [3.05, 3.63) is 52.0 Å². The summed E-state index contributed by atoms with van der Waals surface area (Å²) >= 11 is 1.55. The minimum absolute atomic E-state index is 0.0630. The molecular formula is C34H46N2O6SSi. The number of thiazole rings is 1. The molecule has 0 amide bonds. The van der Waals surface area contributed by atoms with Gasteiger partial charge in [0.15, 0.2) is 8.32 Å². The number of ether oxygens (including phenoxy) is 4. The number of nitriles is 1. The molecule has 0 aliphatic heterocycles. The van der Waals surface area contributed by atoms with Crippen molar-refractivity contribution in [2.45, 2.75) is 103 Å². The van der Waals surface area contributed by atoms with Crippen molar-refractivity contribution >= 4 is 35.8 Å². The Bertz CT molecular complexity index is 1460. The van der Waals surface area contributed by atoms with Gasteiger partial charge in [0.05, 0.1) is 59.4 Å². The number of para-hydroxylation sites is 1. The third kappa shape index (κ3) is 7.63. The van der Waals surface area contributed by atoms with Gasteiger partial charge in [-0.1, -0.05) is 39.7 Å². The monoisotopic (exact) mass is 638 g/mol. The summed E-state index contributed by atoms with van der Waals surface area (Å²) in [6.07, 6.45) is 4.00. The van der Waals surface area contributed by atoms with Crippen LogP contribution < -0.4 is 9.47 Å². The van der Waals surface area contributed by atoms with Crippen LogP contribution in [0, 0.1) is 11.3 Å². The number of esters is 1. The van der Waals surface area contributed by atoms with E-state index in [9.17, 15) is 10.1 Å². The second-order valence-electron chi connectivity index (χ2n) is 12.7. The van der Waals surface area contributed by atoms with Gasteiger partial charge >= 0.3 is 5.97 Å². The van der Waals surface area contributed by atoms with Gasteiger partial charge in [-0.2, -0.15) is 5.26 Å². The van der Waals surface area contributed by atoms with Crippen LogP contribution in [0.15, 0.2) is 30.3 Å². The Balaban J connectivity index is 1.87. The average molecular weight is 639 g/mol. The van der Waals surface area contributed by atoms with Crippen LogP contribution in [0.4, 0.5) is 0 Å². The molecule has 1 heterocycles. The zero-order valence-corrected chi connectivity index (χ0v) is 29.1. The lowest BCUT2D eigenvalue weighted by atomic mass is 9.99. The molecule has 0 spiro atoms. The highest BCUT2D eigenvalue weighted by Crippen LogP contribution is 2.44. The number of nitrogens with zero attached hydrogens (tertiary/aromatic N) is 2. The summed E-state index contributed by atoms with van der Waals surface area (Å²) in [7, 11) is -0.963. The van der Waals surface area contributed by atoms with Crippen LogP contribution in [-0.2, 0) is 20.3 Å². The molecule has 0 radical (unpaired) electrons. The van der Waals surface area contributed by atoms with Crippen LogP contribution >= 0.6 is 11.3 Å². The molecule has 0 bridgehead atoms. The number of methoxy groups -OCH3 is 1. The Morgan fingerprint density at radius 3 is 2.30 bits per heavy atom. The number of benzene rings is 2. The molecule has 4 rings (SSSR count). The van der Waals surface area contributed by atoms with E-state index >= 15 is 0 Å². The molecular weight excluding hydrogens is 593 g/mol. The summed E-state index contributed by atoms with van der Waals surface area (Å²) in [5, 5.41) is 10.8. The molecule has 8 nitrogen and oxygen atoms in total. The molecule has 0 saturated heterocycles. The molecule has 2 atom stereocenters. The van der Waals surface area contributed by atoms with Crippen LogP contribution in [0.1, 0.15) is 92.9 Å². The fraction of sp³-hybridized carbons (Fsp3) is 0.559. The first-order valence-electron chi connectivity index (χ1n) is 15.6. The van der Waals surface area contributed by atoms with E-state index in [2.05, 4.69) is 39.9 Å². The molecule has 1 aliphatic rings. The third-order valence-electron chi connectivity index (χ3n) is 8.61. The predicted molar refractivity (Wildman–Crippen MR) is 176 cm³/mol. The minimum Gasteiger partial charge on any atom is -0.492 e. The van der Waals surface area contributed by atoms with Gasteiger partial charge in [0, 0.05) is 6.42 Å². The minimum atomic E-state index is -2.35. The van der Waals surface area contributed by atoms with Crippen molar-refractivity contribution in [1.82, 2.24) is 4.98 Å². The van der Waals surface area contributed by atoms with Crippen molar-refractivity contribution in [2.75, 3.05) is 20.3 Å². The molecule has 0 N–H and O–H groups in total. The van der Waals surface area contributed by atoms with E-state index in [1.807, 2.05) is 38.1 Å². The summed E-state index contributed by atoms with van der Waals surface area (Å²) < 4.78 is 32.1. The van der Waals surface area contributed by atoms with Crippen molar-refractivity contribution in [3.63, 3.8) is 0 Å². The van der Waals surface area contributed by atoms with Gasteiger partial charge in [0.1, 0.15) is 23.1 Å². The molecule has 1 aromatic heterocycles. The SMILES string of the molecule is CCOc1cc([C@@H](O[Si](C)(C)C(C)(C)C)[C@H](Cc2nc3c(C(=O)OC)cccc3s2)OC2CCCC2)cc(OCC)c1C#N. The normalized spacial score (nSPS) is 15.6. The smallest absolute Gasteiger partial charge is 0.340 e. The topological polar surface area (TPSA) is 99.9 Å². The first kappa shape index (κ1) is 33.9. The maximum absolute atomic E-state index is 12.5. The van der Waals surface area contributed by atoms with Crippen molar-refractivity contribution in [1.29, 1.82) is 5.26 Å². The average Bonchev–Trinajstić information content (AvgIpc) is 3.64. The summed E-state index contributed by atoms with van der Waals surface area (Å²) in [4.78, 5) is 17.5. The molecule has 2 aromatic carbocycles. The van der Waals surface area contributed by atoms with Gasteiger partial charge < -0.3 is 23.4 Å². The van der Waals surface area contributed by atoms with Gasteiger partial charge in [-0.05, 0) is 74.7 Å². The van der Waals surface area contributed by atoms with Gasteiger partial charge in [0.2, 0.25) is 0 Å². The largest absolute Gasteiger partial charge is 0.492 e. The van der Waals surface area contributed by atoms with Crippen molar-refractivity contribution in [3.8, 4) is 17.6 Å². The van der Waals surface area contributed by atoms with Crippen molar-refractivity contribution < 1.29 is 28.2 Å². The van der Waals surface area contributed by atoms with Gasteiger partial charge in [0.25, 0.3) is 0 Å². The molecule has 10 heteroatoms. The van der Waals surface area contributed by atoms with Gasteiger partial charge in [-0.25, -0.2) is 9.78 Å². The van der Waals surface area contributed by atoms with Gasteiger partial charge in [-0.3, -0.25) is 0 Å². The molecule has 44 heavy (non-hydrogen) atoms. The second-order valence-corrected chi connectivity index (χ2v) is 18.6. The van der Waals surface area contributed by atoms with Gasteiger partial charge in [-0.15, -0.1) is 11.3 Å². The van der Waals surface area contributed by atoms with Crippen LogP contribution in [0.5, 0.6) is 11.5 Å². The molecule has 238 valence electrons. The summed E-state index contributed by atoms with van der Waals surface area (Å²) in [6.45, 7) is 15.8. The highest BCUT2D eigenvalue weighted by molar-refractivity contribution is 7.18. The van der Waals surface area contributed by atoms with E-state index in [1.54, 1.807) is 17.4 Å². The van der Waals surface area contributed by atoms with E-state index in [0.717, 1.165) is 41.0 Å². The first-order chi connectivity index (χ1) is 20.9. The second kappa shape index (κ2) is 14.4. The maximum Gasteiger partial charge on any atom is 0.340 e. The van der Waals surface area contributed by atoms with E-state index < -0.39 is 20.4 Å². The lowest BCUT2D eigenvalue weighted by molar-refractivity contribution is -0.0705. The van der Waals surface area contributed by atoms with Crippen LogP contribution in [-0.4, -0.2) is 51.8 Å². The lowest BCUT2D eigenvalue weighted by Crippen LogP contribution is -2.45. The van der Waals surface area contributed by atoms with Crippen LogP contribution in [0.3, 0.4) is 0 Å². The molecule has 1 aliphatic carbocycles. The first-order valence-corrected chi connectivity index (χ1v) is 19.3. The van der Waals surface area contributed by atoms with Crippen molar-refractivity contribution in [2.24, 2.45) is 0 Å². The highest BCUT2D eigenvalue weighted by atomic mass is 32.1. The van der Waals surface area contributed by atoms with Crippen LogP contribution in [0.2, 0.25) is 18.1 Å². The van der Waals surface area contributed by atoms with Crippen LogP contribution in [0.25, 0.3) is 10.2 Å². The van der Waals surface area contributed by atoms with E-state index in [4.69, 9.17) is 28.4 Å². The Morgan fingerprint density at radius 2 is 1.75 bits per heavy atom. The standard InChI is InChI=1S/C34H46N2O6SSi/c1-9-39-26-18-22(19-27(40-10-2)25(26)21-35)32(42-44(7,8)34(3,4)5)28(41-23-14-11-12-15-23)20-30-36-31-24(33(37)38-6)16-13-17-29(31)43-30/h13,16-19,23,28,32H,9-12,14-15,20H2,1-8H3/t28-,32+/m0/s1. The number of aromatic nitrogens is 1. The zero-order chi connectivity index (χ0) is 32.1. The predicted octanol–water partition coefficient (Wildman–Crippen LogP) is 8.39. The van der Waals surface area contributed by atoms with E-state index in [1.165, 1.54) is 7.11 Å². The zero-order valence-electron chi connectivity index (χ0n) is 27.3. The molecule has 1 saturated carbocycles. The van der Waals surface area contributed by atoms with E-state index in [-0.39, 0.29) is 17.2 Å². The molecule has 0 unspecified atom stereocenters. The summed E-state index contributed by atoms with van der Waals surface area (Å²) in [6, 6.07) is 11.7. The number of carbonyl (C=O) groups excluding carboxylic acids is 1. The molecule has 3 aromatic rings. The third-order valence-corrected chi connectivity index (χ3v) is 14.1. The summed E-state index contributed by atoms with van der Waals surface area (Å²) in [5.74, 6) is 0.541. The number of fused-ring (bicyclic) bond motifs is 1. The summed E-state index contributed by atoms with van der Waals surface area (Å²) in [5.41, 5.74) is 2.31. The fourth-order valence-corrected chi connectivity index (χ4v) is 7.62. The Morgan fingerprint density at radius 1 is 1.11 bits per heavy atom. The lowest BCUT2D eigenvalue weighted by Gasteiger charge is -2.42. The molecule has 1 fully saturated rings. The fourth-order valence-electron chi connectivity index (χ4n) is 5.30. The number of hydrogen-bond acceptors (Lipinski definition) is 9. The Kier molecular flexibility index (Phi) is 11.1. The number of hydrogen-bond donors (Lipinski definition) is 0. The number of rotatable bonds is 13. The highest BCUT2D eigenvalue weighted by Gasteiger charge is 2.43. The maximum atomic E-state index is 12.5. The van der Waals surface area contributed by atoms with E-state index in [0.29, 0.717) is 47.8 Å². The number of carbonyl (C=O) groups is 1. The Hall–Kier alpha value is -2.97. The quantitative estimate of drug-likeness (QED) is 0.136.